The first-order valence-corrected chi connectivity index (χ1v) is 7.21. The van der Waals surface area contributed by atoms with Gasteiger partial charge in [-0.05, 0) is 60.0 Å². The lowest BCUT2D eigenvalue weighted by atomic mass is 10.1. The van der Waals surface area contributed by atoms with E-state index in [0.717, 1.165) is 28.1 Å². The van der Waals surface area contributed by atoms with Crippen molar-refractivity contribution < 1.29 is 10.2 Å². The summed E-state index contributed by atoms with van der Waals surface area (Å²) in [6, 6.07) is 12.5. The van der Waals surface area contributed by atoms with Gasteiger partial charge in [0.1, 0.15) is 0 Å². The Hall–Kier alpha value is -3.14. The molecule has 0 saturated carbocycles. The van der Waals surface area contributed by atoms with E-state index in [0.29, 0.717) is 0 Å². The van der Waals surface area contributed by atoms with Gasteiger partial charge in [-0.25, -0.2) is 0 Å². The monoisotopic (exact) mass is 304 g/mol. The number of rotatable bonds is 3. The molecule has 0 saturated heterocycles. The molecule has 2 heterocycles. The first kappa shape index (κ1) is 14.8. The Morgan fingerprint density at radius 2 is 1.39 bits per heavy atom. The molecule has 2 aromatic heterocycles. The summed E-state index contributed by atoms with van der Waals surface area (Å²) >= 11 is 0. The van der Waals surface area contributed by atoms with Gasteiger partial charge in [-0.1, -0.05) is 18.2 Å². The summed E-state index contributed by atoms with van der Waals surface area (Å²) in [6.45, 7) is 2.02. The SMILES string of the molecule is Cc1ccnc(-c2cc(C=Cc3ccc(O)c(O)c3)ccn2)c1. The number of benzene rings is 1. The topological polar surface area (TPSA) is 66.2 Å². The van der Waals surface area contributed by atoms with E-state index in [-0.39, 0.29) is 11.5 Å². The van der Waals surface area contributed by atoms with Crippen molar-refractivity contribution in [2.45, 2.75) is 6.92 Å². The number of hydrogen-bond donors (Lipinski definition) is 2. The lowest BCUT2D eigenvalue weighted by molar-refractivity contribution is 0.403. The van der Waals surface area contributed by atoms with E-state index in [2.05, 4.69) is 9.97 Å². The molecule has 4 heteroatoms. The first-order valence-electron chi connectivity index (χ1n) is 7.21. The van der Waals surface area contributed by atoms with Gasteiger partial charge in [-0.3, -0.25) is 9.97 Å². The molecule has 23 heavy (non-hydrogen) atoms. The van der Waals surface area contributed by atoms with E-state index >= 15 is 0 Å². The van der Waals surface area contributed by atoms with Crippen LogP contribution in [-0.2, 0) is 0 Å². The van der Waals surface area contributed by atoms with Crippen molar-refractivity contribution in [1.29, 1.82) is 0 Å². The van der Waals surface area contributed by atoms with Crippen molar-refractivity contribution in [1.82, 2.24) is 9.97 Å². The van der Waals surface area contributed by atoms with Crippen LogP contribution in [0.5, 0.6) is 11.5 Å². The van der Waals surface area contributed by atoms with Crippen molar-refractivity contribution in [3.05, 3.63) is 71.5 Å². The predicted molar refractivity (Wildman–Crippen MR) is 90.9 cm³/mol. The number of nitrogens with zero attached hydrogens (tertiary/aromatic N) is 2. The van der Waals surface area contributed by atoms with Crippen LogP contribution in [-0.4, -0.2) is 20.2 Å². The third kappa shape index (κ3) is 3.55. The number of phenols is 2. The first-order chi connectivity index (χ1) is 11.1. The van der Waals surface area contributed by atoms with Crippen LogP contribution < -0.4 is 0 Å². The summed E-state index contributed by atoms with van der Waals surface area (Å²) in [5, 5.41) is 18.8. The van der Waals surface area contributed by atoms with E-state index in [1.807, 2.05) is 43.3 Å². The molecule has 1 aromatic carbocycles. The Morgan fingerprint density at radius 1 is 0.739 bits per heavy atom. The zero-order chi connectivity index (χ0) is 16.2. The molecule has 2 N–H and O–H groups in total. The Morgan fingerprint density at radius 3 is 2.09 bits per heavy atom. The number of pyridine rings is 2. The van der Waals surface area contributed by atoms with Gasteiger partial charge in [0.2, 0.25) is 0 Å². The molecule has 0 aliphatic rings. The fourth-order valence-corrected chi connectivity index (χ4v) is 2.20. The van der Waals surface area contributed by atoms with Crippen molar-refractivity contribution in [2.24, 2.45) is 0 Å². The van der Waals surface area contributed by atoms with Crippen molar-refractivity contribution >= 4 is 12.2 Å². The second-order valence-electron chi connectivity index (χ2n) is 5.27. The minimum atomic E-state index is -0.133. The minimum Gasteiger partial charge on any atom is -0.504 e. The van der Waals surface area contributed by atoms with Crippen LogP contribution in [0.1, 0.15) is 16.7 Å². The van der Waals surface area contributed by atoms with Gasteiger partial charge in [0.05, 0.1) is 11.4 Å². The van der Waals surface area contributed by atoms with Crippen LogP contribution >= 0.6 is 0 Å². The van der Waals surface area contributed by atoms with E-state index in [1.54, 1.807) is 18.5 Å². The van der Waals surface area contributed by atoms with Gasteiger partial charge >= 0.3 is 0 Å². The van der Waals surface area contributed by atoms with E-state index in [1.165, 1.54) is 12.1 Å². The highest BCUT2D eigenvalue weighted by atomic mass is 16.3. The molecule has 0 radical (unpaired) electrons. The second kappa shape index (κ2) is 6.32. The molecule has 0 aliphatic heterocycles. The number of aryl methyl sites for hydroxylation is 1. The fourth-order valence-electron chi connectivity index (χ4n) is 2.20. The minimum absolute atomic E-state index is 0.126. The highest BCUT2D eigenvalue weighted by Crippen LogP contribution is 2.26. The van der Waals surface area contributed by atoms with Gasteiger partial charge in [0.15, 0.2) is 11.5 Å². The average molecular weight is 304 g/mol. The van der Waals surface area contributed by atoms with Crippen LogP contribution in [0, 0.1) is 6.92 Å². The molecule has 114 valence electrons. The Labute approximate surface area is 134 Å². The zero-order valence-electron chi connectivity index (χ0n) is 12.6. The molecule has 3 aromatic rings. The number of hydrogen-bond acceptors (Lipinski definition) is 4. The summed E-state index contributed by atoms with van der Waals surface area (Å²) in [7, 11) is 0. The van der Waals surface area contributed by atoms with E-state index in [9.17, 15) is 10.2 Å². The lowest BCUT2D eigenvalue weighted by Gasteiger charge is -2.02. The van der Waals surface area contributed by atoms with Crippen molar-refractivity contribution in [3.8, 4) is 22.9 Å². The summed E-state index contributed by atoms with van der Waals surface area (Å²) in [4.78, 5) is 8.71. The van der Waals surface area contributed by atoms with Gasteiger partial charge in [-0.2, -0.15) is 0 Å². The Balaban J connectivity index is 1.88. The van der Waals surface area contributed by atoms with Crippen molar-refractivity contribution in [2.75, 3.05) is 0 Å². The molecule has 0 bridgehead atoms. The molecular formula is C19H16N2O2. The van der Waals surface area contributed by atoms with Gasteiger partial charge in [0.25, 0.3) is 0 Å². The molecule has 0 unspecified atom stereocenters. The maximum atomic E-state index is 9.51. The van der Waals surface area contributed by atoms with Crippen LogP contribution in [0.4, 0.5) is 0 Å². The largest absolute Gasteiger partial charge is 0.504 e. The van der Waals surface area contributed by atoms with Gasteiger partial charge < -0.3 is 10.2 Å². The van der Waals surface area contributed by atoms with Crippen LogP contribution in [0.2, 0.25) is 0 Å². The molecule has 3 rings (SSSR count). The van der Waals surface area contributed by atoms with Crippen LogP contribution in [0.15, 0.2) is 54.9 Å². The molecular weight excluding hydrogens is 288 g/mol. The van der Waals surface area contributed by atoms with Gasteiger partial charge in [-0.15, -0.1) is 0 Å². The van der Waals surface area contributed by atoms with Gasteiger partial charge in [0, 0.05) is 12.4 Å². The molecule has 0 fully saturated rings. The highest BCUT2D eigenvalue weighted by molar-refractivity contribution is 5.72. The maximum Gasteiger partial charge on any atom is 0.157 e. The summed E-state index contributed by atoms with van der Waals surface area (Å²) in [5.41, 5.74) is 4.56. The summed E-state index contributed by atoms with van der Waals surface area (Å²) < 4.78 is 0. The third-order valence-corrected chi connectivity index (χ3v) is 3.43. The second-order valence-corrected chi connectivity index (χ2v) is 5.27. The van der Waals surface area contributed by atoms with Crippen LogP contribution in [0.25, 0.3) is 23.5 Å². The number of aromatic hydroxyl groups is 2. The Bertz CT molecular complexity index is 873. The number of aromatic nitrogens is 2. The predicted octanol–water partition coefficient (Wildman–Crippen LogP) is 4.03. The van der Waals surface area contributed by atoms with E-state index in [4.69, 9.17) is 0 Å². The highest BCUT2D eigenvalue weighted by Gasteiger charge is 2.02. The zero-order valence-corrected chi connectivity index (χ0v) is 12.6. The molecule has 0 atom stereocenters. The standard InChI is InChI=1S/C19H16N2O2/c1-13-6-8-20-16(10-13)17-11-15(7-9-21-17)3-2-14-4-5-18(22)19(23)12-14/h2-12,22-23H,1H3. The molecule has 0 aliphatic carbocycles. The quantitative estimate of drug-likeness (QED) is 0.717. The van der Waals surface area contributed by atoms with E-state index < -0.39 is 0 Å². The average Bonchev–Trinajstić information content (AvgIpc) is 2.56. The third-order valence-electron chi connectivity index (χ3n) is 3.43. The Kier molecular flexibility index (Phi) is 4.06. The van der Waals surface area contributed by atoms with Crippen LogP contribution in [0.3, 0.4) is 0 Å². The molecule has 4 nitrogen and oxygen atoms in total. The summed E-state index contributed by atoms with van der Waals surface area (Å²) in [6.07, 6.45) is 7.30. The summed E-state index contributed by atoms with van der Waals surface area (Å²) in [5.74, 6) is -0.259. The van der Waals surface area contributed by atoms with Crippen molar-refractivity contribution in [3.63, 3.8) is 0 Å². The smallest absolute Gasteiger partial charge is 0.157 e. The number of phenolic OH excluding ortho intramolecular Hbond substituents is 2. The normalized spacial score (nSPS) is 11.0. The fraction of sp³-hybridized carbons (Fsp3) is 0.0526. The lowest BCUT2D eigenvalue weighted by Crippen LogP contribution is -1.88. The molecule has 0 spiro atoms. The maximum absolute atomic E-state index is 9.51. The molecule has 0 amide bonds.